The molecule has 38 heavy (non-hydrogen) atoms. The van der Waals surface area contributed by atoms with Crippen LogP contribution in [0.5, 0.6) is 11.5 Å². The Balaban J connectivity index is 1.36. The summed E-state index contributed by atoms with van der Waals surface area (Å²) < 4.78 is 26.9. The van der Waals surface area contributed by atoms with Crippen LogP contribution < -0.4 is 14.2 Å². The lowest BCUT2D eigenvalue weighted by atomic mass is 9.90. The van der Waals surface area contributed by atoms with Crippen molar-refractivity contribution in [2.45, 2.75) is 46.6 Å². The van der Waals surface area contributed by atoms with Crippen LogP contribution in [0.2, 0.25) is 0 Å². The number of nitrogens with one attached hydrogen (secondary N) is 1. The second-order valence-electron chi connectivity index (χ2n) is 10.8. The maximum absolute atomic E-state index is 12.0. The zero-order valence-corrected chi connectivity index (χ0v) is 23.0. The molecule has 2 aliphatic rings. The topological polar surface area (TPSA) is 84.9 Å². The van der Waals surface area contributed by atoms with E-state index in [-0.39, 0.29) is 24.0 Å². The minimum absolute atomic E-state index is 0.0530. The average Bonchev–Trinajstić information content (AvgIpc) is 3.45. The summed E-state index contributed by atoms with van der Waals surface area (Å²) in [6.45, 7) is 8.72. The monoisotopic (exact) mass is 531 g/mol. The van der Waals surface area contributed by atoms with Crippen LogP contribution in [0.3, 0.4) is 0 Å². The van der Waals surface area contributed by atoms with Gasteiger partial charge in [0.25, 0.3) is 5.91 Å². The van der Waals surface area contributed by atoms with Crippen LogP contribution in [0, 0.1) is 19.3 Å². The first-order chi connectivity index (χ1) is 18.1. The SMILES string of the molecule is Cc1cc(OCC(C)(C)CO)cc(C)c1-c1cccc2c1CC[C@H]2Oc1ccc(C2=CC(=O)NS2=O)cc1. The number of aliphatic hydroxyl groups excluding tert-OH is 1. The van der Waals surface area contributed by atoms with Gasteiger partial charge in [0.2, 0.25) is 0 Å². The normalized spacial score (nSPS) is 18.7. The molecule has 0 saturated heterocycles. The number of carbonyl (C=O) groups excluding carboxylic acids is 1. The Hall–Kier alpha value is -3.42. The predicted octanol–water partition coefficient (Wildman–Crippen LogP) is 5.57. The van der Waals surface area contributed by atoms with E-state index in [9.17, 15) is 14.1 Å². The molecule has 1 heterocycles. The molecule has 0 aromatic heterocycles. The average molecular weight is 532 g/mol. The molecule has 2 N–H and O–H groups in total. The van der Waals surface area contributed by atoms with E-state index in [4.69, 9.17) is 9.47 Å². The number of hydrogen-bond donors (Lipinski definition) is 2. The van der Waals surface area contributed by atoms with E-state index in [1.54, 1.807) is 0 Å². The summed E-state index contributed by atoms with van der Waals surface area (Å²) in [7, 11) is -1.51. The molecule has 198 valence electrons. The van der Waals surface area contributed by atoms with Crippen molar-refractivity contribution in [3.8, 4) is 22.6 Å². The maximum Gasteiger partial charge on any atom is 0.257 e. The van der Waals surface area contributed by atoms with Crippen LogP contribution in [-0.4, -0.2) is 28.4 Å². The Morgan fingerprint density at radius 3 is 2.39 bits per heavy atom. The molecule has 3 aromatic rings. The van der Waals surface area contributed by atoms with Crippen molar-refractivity contribution in [2.24, 2.45) is 5.41 Å². The summed E-state index contributed by atoms with van der Waals surface area (Å²) in [4.78, 5) is 12.0. The summed E-state index contributed by atoms with van der Waals surface area (Å²) in [6.07, 6.45) is 3.13. The molecule has 0 radical (unpaired) electrons. The third kappa shape index (κ3) is 5.26. The van der Waals surface area contributed by atoms with E-state index in [2.05, 4.69) is 48.9 Å². The van der Waals surface area contributed by atoms with Crippen molar-refractivity contribution in [3.05, 3.63) is 88.5 Å². The molecular formula is C31H33NO5S. The predicted molar refractivity (Wildman–Crippen MR) is 150 cm³/mol. The highest BCUT2D eigenvalue weighted by molar-refractivity contribution is 7.93. The number of benzene rings is 3. The Bertz CT molecular complexity index is 1420. The fourth-order valence-corrected chi connectivity index (χ4v) is 6.05. The summed E-state index contributed by atoms with van der Waals surface area (Å²) in [5.41, 5.74) is 7.72. The Morgan fingerprint density at radius 2 is 1.76 bits per heavy atom. The summed E-state index contributed by atoms with van der Waals surface area (Å²) in [6, 6.07) is 18.0. The molecule has 1 aliphatic carbocycles. The van der Waals surface area contributed by atoms with Crippen LogP contribution >= 0.6 is 0 Å². The van der Waals surface area contributed by atoms with E-state index in [1.807, 2.05) is 38.1 Å². The van der Waals surface area contributed by atoms with Crippen molar-refractivity contribution < 1.29 is 23.6 Å². The minimum Gasteiger partial charge on any atom is -0.493 e. The van der Waals surface area contributed by atoms with Crippen LogP contribution in [0.15, 0.2) is 60.7 Å². The molecule has 0 saturated carbocycles. The van der Waals surface area contributed by atoms with Crippen molar-refractivity contribution >= 4 is 21.8 Å². The smallest absolute Gasteiger partial charge is 0.257 e. The first-order valence-corrected chi connectivity index (χ1v) is 14.0. The molecule has 6 nitrogen and oxygen atoms in total. The van der Waals surface area contributed by atoms with Gasteiger partial charge in [-0.05, 0) is 89.9 Å². The second kappa shape index (κ2) is 10.4. The van der Waals surface area contributed by atoms with E-state index in [0.717, 1.165) is 41.0 Å². The quantitative estimate of drug-likeness (QED) is 0.397. The van der Waals surface area contributed by atoms with Gasteiger partial charge in [0.05, 0.1) is 18.1 Å². The van der Waals surface area contributed by atoms with Crippen LogP contribution in [0.25, 0.3) is 16.0 Å². The van der Waals surface area contributed by atoms with Gasteiger partial charge in [-0.1, -0.05) is 44.2 Å². The van der Waals surface area contributed by atoms with E-state index in [1.165, 1.54) is 28.3 Å². The lowest BCUT2D eigenvalue weighted by molar-refractivity contribution is -0.114. The zero-order chi connectivity index (χ0) is 27.0. The summed E-state index contributed by atoms with van der Waals surface area (Å²) in [5, 5.41) is 9.54. The van der Waals surface area contributed by atoms with Crippen molar-refractivity contribution in [3.63, 3.8) is 0 Å². The van der Waals surface area contributed by atoms with Gasteiger partial charge < -0.3 is 14.6 Å². The highest BCUT2D eigenvalue weighted by Crippen LogP contribution is 2.42. The highest BCUT2D eigenvalue weighted by Gasteiger charge is 2.28. The van der Waals surface area contributed by atoms with E-state index < -0.39 is 11.0 Å². The first kappa shape index (κ1) is 26.2. The Labute approximate surface area is 226 Å². The standard InChI is InChI=1S/C31H33NO5S/c1-19-14-23(36-18-31(3,4)17-33)15-20(2)30(19)26-7-5-6-25-24(26)12-13-27(25)37-22-10-8-21(9-11-22)28-16-29(34)32-38(28)35/h5-11,14-16,27,33H,12-13,17-18H2,1-4H3,(H,32,34)/t27-,38?/m1/s1. The van der Waals surface area contributed by atoms with Crippen LogP contribution in [-0.2, 0) is 22.2 Å². The van der Waals surface area contributed by atoms with Gasteiger partial charge in [-0.15, -0.1) is 0 Å². The van der Waals surface area contributed by atoms with Crippen molar-refractivity contribution in [1.29, 1.82) is 0 Å². The molecule has 7 heteroatoms. The summed E-state index contributed by atoms with van der Waals surface area (Å²) >= 11 is 0. The number of hydrogen-bond acceptors (Lipinski definition) is 5. The minimum atomic E-state index is -1.51. The summed E-state index contributed by atoms with van der Waals surface area (Å²) in [5.74, 6) is 1.22. The molecule has 2 atom stereocenters. The third-order valence-corrected chi connectivity index (χ3v) is 8.26. The molecule has 1 unspecified atom stereocenters. The fraction of sp³-hybridized carbons (Fsp3) is 0.323. The molecule has 3 aromatic carbocycles. The molecule has 0 fully saturated rings. The van der Waals surface area contributed by atoms with Gasteiger partial charge in [0.15, 0.2) is 11.0 Å². The van der Waals surface area contributed by atoms with Gasteiger partial charge in [0, 0.05) is 11.5 Å². The fourth-order valence-electron chi connectivity index (χ4n) is 5.13. The van der Waals surface area contributed by atoms with Crippen LogP contribution in [0.1, 0.15) is 54.2 Å². The second-order valence-corrected chi connectivity index (χ2v) is 12.0. The number of carbonyl (C=O) groups is 1. The van der Waals surface area contributed by atoms with Crippen LogP contribution in [0.4, 0.5) is 0 Å². The van der Waals surface area contributed by atoms with Crippen molar-refractivity contribution in [2.75, 3.05) is 13.2 Å². The lowest BCUT2D eigenvalue weighted by Gasteiger charge is -2.23. The lowest BCUT2D eigenvalue weighted by Crippen LogP contribution is -2.25. The number of rotatable bonds is 8. The van der Waals surface area contributed by atoms with Gasteiger partial charge in [0.1, 0.15) is 17.6 Å². The van der Waals surface area contributed by atoms with E-state index >= 15 is 0 Å². The molecular weight excluding hydrogens is 498 g/mol. The van der Waals surface area contributed by atoms with Gasteiger partial charge in [-0.3, -0.25) is 9.52 Å². The molecule has 1 aliphatic heterocycles. The largest absolute Gasteiger partial charge is 0.493 e. The first-order valence-electron chi connectivity index (χ1n) is 12.8. The maximum atomic E-state index is 12.0. The highest BCUT2D eigenvalue weighted by atomic mass is 32.2. The van der Waals surface area contributed by atoms with Gasteiger partial charge in [-0.2, -0.15) is 0 Å². The van der Waals surface area contributed by atoms with Gasteiger partial charge >= 0.3 is 0 Å². The van der Waals surface area contributed by atoms with E-state index in [0.29, 0.717) is 11.5 Å². The number of amides is 1. The Morgan fingerprint density at radius 1 is 1.05 bits per heavy atom. The molecule has 5 rings (SSSR count). The number of ether oxygens (including phenoxy) is 2. The molecule has 0 spiro atoms. The number of aliphatic hydroxyl groups is 1. The van der Waals surface area contributed by atoms with Crippen molar-refractivity contribution in [1.82, 2.24) is 4.72 Å². The third-order valence-electron chi connectivity index (χ3n) is 7.12. The number of fused-ring (bicyclic) bond motifs is 1. The molecule has 0 bridgehead atoms. The van der Waals surface area contributed by atoms with Gasteiger partial charge in [-0.25, -0.2) is 4.21 Å². The zero-order valence-electron chi connectivity index (χ0n) is 22.2. The Kier molecular flexibility index (Phi) is 7.16. The molecule has 1 amide bonds. The number of aryl methyl sites for hydroxylation is 2.